The second kappa shape index (κ2) is 9.96. The molecule has 1 N–H and O–H groups in total. The minimum atomic E-state index is -0.425. The van der Waals surface area contributed by atoms with Gasteiger partial charge in [-0.05, 0) is 68.7 Å². The van der Waals surface area contributed by atoms with Crippen LogP contribution in [0.15, 0.2) is 18.2 Å². The van der Waals surface area contributed by atoms with Crippen LogP contribution in [0, 0.1) is 25.7 Å². The Hall–Kier alpha value is -1.55. The van der Waals surface area contributed by atoms with Crippen LogP contribution < -0.4 is 10.1 Å². The molecule has 3 atom stereocenters. The van der Waals surface area contributed by atoms with Crippen LogP contribution in [0.1, 0.15) is 51.2 Å². The highest BCUT2D eigenvalue weighted by atomic mass is 16.5. The molecule has 1 aromatic rings. The average molecular weight is 361 g/mol. The molecule has 4 nitrogen and oxygen atoms in total. The van der Waals surface area contributed by atoms with Crippen molar-refractivity contribution in [3.05, 3.63) is 29.3 Å². The van der Waals surface area contributed by atoms with Gasteiger partial charge in [-0.25, -0.2) is 0 Å². The molecule has 1 aliphatic heterocycles. The number of benzene rings is 1. The molecular formula is C22H36N2O2. The molecule has 0 aromatic heterocycles. The number of carbonyl (C=O) groups excluding carboxylic acids is 1. The monoisotopic (exact) mass is 360 g/mol. The molecular weight excluding hydrogens is 324 g/mol. The molecule has 1 aromatic carbocycles. The largest absolute Gasteiger partial charge is 0.480 e. The molecule has 0 radical (unpaired) electrons. The molecule has 1 fully saturated rings. The quantitative estimate of drug-likeness (QED) is 0.714. The van der Waals surface area contributed by atoms with E-state index in [4.69, 9.17) is 4.74 Å². The third-order valence-corrected chi connectivity index (χ3v) is 5.38. The van der Waals surface area contributed by atoms with Crippen LogP contribution in [-0.4, -0.2) is 43.1 Å². The summed E-state index contributed by atoms with van der Waals surface area (Å²) in [7, 11) is 0. The summed E-state index contributed by atoms with van der Waals surface area (Å²) in [5.74, 6) is 2.37. The van der Waals surface area contributed by atoms with E-state index in [1.165, 1.54) is 25.1 Å². The lowest BCUT2D eigenvalue weighted by molar-refractivity contribution is -0.128. The number of nitrogens with zero attached hydrogens (tertiary/aromatic N) is 1. The first-order chi connectivity index (χ1) is 12.4. The third-order valence-electron chi connectivity index (χ3n) is 5.38. The van der Waals surface area contributed by atoms with Gasteiger partial charge < -0.3 is 15.0 Å². The van der Waals surface area contributed by atoms with Gasteiger partial charge in [0.1, 0.15) is 5.75 Å². The first kappa shape index (κ1) is 20.8. The van der Waals surface area contributed by atoms with E-state index in [-0.39, 0.29) is 5.91 Å². The molecule has 0 bridgehead atoms. The Labute approximate surface area is 159 Å². The van der Waals surface area contributed by atoms with Gasteiger partial charge in [0.15, 0.2) is 6.10 Å². The maximum absolute atomic E-state index is 12.5. The highest BCUT2D eigenvalue weighted by Crippen LogP contribution is 2.23. The van der Waals surface area contributed by atoms with Crippen molar-refractivity contribution in [1.82, 2.24) is 10.2 Å². The van der Waals surface area contributed by atoms with Gasteiger partial charge in [-0.3, -0.25) is 4.79 Å². The zero-order chi connectivity index (χ0) is 19.1. The molecule has 0 unspecified atom stereocenters. The normalized spacial score (nSPS) is 22.0. The maximum atomic E-state index is 12.5. The number of rotatable bonds is 8. The molecule has 1 saturated heterocycles. The third kappa shape index (κ3) is 6.01. The highest BCUT2D eigenvalue weighted by Gasteiger charge is 2.22. The molecule has 26 heavy (non-hydrogen) atoms. The minimum Gasteiger partial charge on any atom is -0.480 e. The van der Waals surface area contributed by atoms with Crippen molar-refractivity contribution in [1.29, 1.82) is 0 Å². The zero-order valence-corrected chi connectivity index (χ0v) is 17.2. The van der Waals surface area contributed by atoms with Gasteiger partial charge in [0.05, 0.1) is 0 Å². The highest BCUT2D eigenvalue weighted by molar-refractivity contribution is 5.81. The van der Waals surface area contributed by atoms with Gasteiger partial charge in [0.2, 0.25) is 0 Å². The van der Waals surface area contributed by atoms with Gasteiger partial charge in [0.25, 0.3) is 5.91 Å². The van der Waals surface area contributed by atoms with Crippen molar-refractivity contribution in [2.24, 2.45) is 11.8 Å². The summed E-state index contributed by atoms with van der Waals surface area (Å²) in [4.78, 5) is 15.0. The second-order valence-corrected chi connectivity index (χ2v) is 8.06. The predicted octanol–water partition coefficient (Wildman–Crippen LogP) is 3.95. The van der Waals surface area contributed by atoms with Crippen LogP contribution in [0.2, 0.25) is 0 Å². The van der Waals surface area contributed by atoms with E-state index in [1.54, 1.807) is 0 Å². The fourth-order valence-corrected chi connectivity index (χ4v) is 3.93. The summed E-state index contributed by atoms with van der Waals surface area (Å²) >= 11 is 0. The van der Waals surface area contributed by atoms with Gasteiger partial charge in [-0.15, -0.1) is 0 Å². The molecule has 146 valence electrons. The van der Waals surface area contributed by atoms with E-state index in [9.17, 15) is 4.79 Å². The zero-order valence-electron chi connectivity index (χ0n) is 17.2. The summed E-state index contributed by atoms with van der Waals surface area (Å²) in [6, 6.07) is 5.98. The standard InChI is InChI=1S/C22H36N2O2/c1-6-20(26-21-10-7-9-18(4)19(21)5)22(25)23-11-8-12-24-14-16(2)13-17(3)15-24/h7,9-10,16-17,20H,6,8,11-15H2,1-5H3,(H,23,25)/t16-,17+,20-/m0/s1. The summed E-state index contributed by atoms with van der Waals surface area (Å²) < 4.78 is 5.99. The number of likely N-dealkylation sites (tertiary alicyclic amines) is 1. The summed E-state index contributed by atoms with van der Waals surface area (Å²) in [6.45, 7) is 14.9. The Kier molecular flexibility index (Phi) is 7.95. The van der Waals surface area contributed by atoms with Crippen molar-refractivity contribution < 1.29 is 9.53 Å². The summed E-state index contributed by atoms with van der Waals surface area (Å²) in [5, 5.41) is 3.06. The van der Waals surface area contributed by atoms with E-state index < -0.39 is 6.10 Å². The SMILES string of the molecule is CC[C@H](Oc1cccc(C)c1C)C(=O)NCCCN1C[C@H](C)C[C@H](C)C1. The molecule has 2 rings (SSSR count). The molecule has 4 heteroatoms. The van der Waals surface area contributed by atoms with E-state index in [0.29, 0.717) is 13.0 Å². The molecule has 1 heterocycles. The Morgan fingerprint density at radius 2 is 1.96 bits per heavy atom. The number of hydrogen-bond acceptors (Lipinski definition) is 3. The van der Waals surface area contributed by atoms with Crippen molar-refractivity contribution in [2.45, 2.75) is 60.0 Å². The van der Waals surface area contributed by atoms with Crippen LogP contribution in [0.5, 0.6) is 5.75 Å². The topological polar surface area (TPSA) is 41.6 Å². The molecule has 1 aliphatic rings. The second-order valence-electron chi connectivity index (χ2n) is 8.06. The van der Waals surface area contributed by atoms with Crippen LogP contribution in [0.3, 0.4) is 0 Å². The van der Waals surface area contributed by atoms with Gasteiger partial charge in [-0.2, -0.15) is 0 Å². The maximum Gasteiger partial charge on any atom is 0.261 e. The lowest BCUT2D eigenvalue weighted by Gasteiger charge is -2.35. The molecule has 0 spiro atoms. The van der Waals surface area contributed by atoms with Crippen LogP contribution in [-0.2, 0) is 4.79 Å². The van der Waals surface area contributed by atoms with Crippen molar-refractivity contribution >= 4 is 5.91 Å². The van der Waals surface area contributed by atoms with Crippen molar-refractivity contribution in [3.8, 4) is 5.75 Å². The Bertz CT molecular complexity index is 578. The van der Waals surface area contributed by atoms with E-state index in [1.807, 2.05) is 26.0 Å². The number of carbonyl (C=O) groups is 1. The van der Waals surface area contributed by atoms with E-state index >= 15 is 0 Å². The lowest BCUT2D eigenvalue weighted by Crippen LogP contribution is -2.42. The Morgan fingerprint density at radius 3 is 2.62 bits per heavy atom. The molecule has 0 aliphatic carbocycles. The number of amides is 1. The number of aryl methyl sites for hydroxylation is 1. The smallest absolute Gasteiger partial charge is 0.261 e. The average Bonchev–Trinajstić information content (AvgIpc) is 2.59. The van der Waals surface area contributed by atoms with Crippen molar-refractivity contribution in [3.63, 3.8) is 0 Å². The summed E-state index contributed by atoms with van der Waals surface area (Å²) in [5.41, 5.74) is 2.29. The minimum absolute atomic E-state index is 0.00575. The Morgan fingerprint density at radius 1 is 1.27 bits per heavy atom. The van der Waals surface area contributed by atoms with Crippen molar-refractivity contribution in [2.75, 3.05) is 26.2 Å². The fourth-order valence-electron chi connectivity index (χ4n) is 3.93. The lowest BCUT2D eigenvalue weighted by atomic mass is 9.92. The van der Waals surface area contributed by atoms with Gasteiger partial charge in [0, 0.05) is 19.6 Å². The number of ether oxygens (including phenoxy) is 1. The summed E-state index contributed by atoms with van der Waals surface area (Å²) in [6.07, 6.45) is 2.57. The van der Waals surface area contributed by atoms with Crippen LogP contribution >= 0.6 is 0 Å². The molecule has 0 saturated carbocycles. The first-order valence-corrected chi connectivity index (χ1v) is 10.1. The van der Waals surface area contributed by atoms with Crippen LogP contribution in [0.4, 0.5) is 0 Å². The number of hydrogen-bond donors (Lipinski definition) is 1. The predicted molar refractivity (Wildman–Crippen MR) is 108 cm³/mol. The first-order valence-electron chi connectivity index (χ1n) is 10.1. The number of nitrogens with one attached hydrogen (secondary N) is 1. The van der Waals surface area contributed by atoms with Gasteiger partial charge in [-0.1, -0.05) is 32.9 Å². The van der Waals surface area contributed by atoms with E-state index in [2.05, 4.69) is 37.1 Å². The van der Waals surface area contributed by atoms with E-state index in [0.717, 1.165) is 36.1 Å². The number of piperidine rings is 1. The van der Waals surface area contributed by atoms with Crippen LogP contribution in [0.25, 0.3) is 0 Å². The Balaban J connectivity index is 1.76. The van der Waals surface area contributed by atoms with Gasteiger partial charge >= 0.3 is 0 Å². The fraction of sp³-hybridized carbons (Fsp3) is 0.682. The molecule has 1 amide bonds.